The SMILES string of the molecule is CC(CC(C)(C)C)C(OO)C(=O)O. The number of aliphatic carboxylic acids is 1. The molecule has 0 saturated heterocycles. The molecule has 0 aliphatic heterocycles. The van der Waals surface area contributed by atoms with Crippen LogP contribution in [-0.4, -0.2) is 22.4 Å². The van der Waals surface area contributed by atoms with Crippen LogP contribution in [-0.2, 0) is 9.68 Å². The maximum absolute atomic E-state index is 10.6. The summed E-state index contributed by atoms with van der Waals surface area (Å²) in [6.07, 6.45) is -0.441. The smallest absolute Gasteiger partial charge is 0.336 e. The average Bonchev–Trinajstić information content (AvgIpc) is 1.82. The van der Waals surface area contributed by atoms with Crippen molar-refractivity contribution in [1.29, 1.82) is 0 Å². The summed E-state index contributed by atoms with van der Waals surface area (Å²) in [6, 6.07) is 0. The van der Waals surface area contributed by atoms with Gasteiger partial charge in [0.15, 0.2) is 6.10 Å². The Kier molecular flexibility index (Phi) is 4.36. The van der Waals surface area contributed by atoms with Crippen molar-refractivity contribution in [2.45, 2.75) is 40.2 Å². The Labute approximate surface area is 78.5 Å². The zero-order chi connectivity index (χ0) is 10.6. The number of hydrogen-bond acceptors (Lipinski definition) is 3. The number of carboxylic acids is 1. The quantitative estimate of drug-likeness (QED) is 0.525. The van der Waals surface area contributed by atoms with E-state index in [0.29, 0.717) is 6.42 Å². The fraction of sp³-hybridized carbons (Fsp3) is 0.889. The van der Waals surface area contributed by atoms with Gasteiger partial charge in [-0.3, -0.25) is 5.26 Å². The molecule has 2 unspecified atom stereocenters. The molecule has 0 aliphatic rings. The summed E-state index contributed by atoms with van der Waals surface area (Å²) >= 11 is 0. The highest BCUT2D eigenvalue weighted by Gasteiger charge is 2.29. The molecule has 0 aromatic carbocycles. The van der Waals surface area contributed by atoms with E-state index in [1.54, 1.807) is 6.92 Å². The highest BCUT2D eigenvalue weighted by atomic mass is 17.1. The van der Waals surface area contributed by atoms with Gasteiger partial charge in [0.2, 0.25) is 0 Å². The van der Waals surface area contributed by atoms with Gasteiger partial charge in [0.25, 0.3) is 0 Å². The first-order valence-electron chi connectivity index (χ1n) is 4.31. The monoisotopic (exact) mass is 190 g/mol. The predicted molar refractivity (Wildman–Crippen MR) is 48.4 cm³/mol. The van der Waals surface area contributed by atoms with Crippen molar-refractivity contribution < 1.29 is 20.0 Å². The van der Waals surface area contributed by atoms with Gasteiger partial charge in [0.1, 0.15) is 0 Å². The lowest BCUT2D eigenvalue weighted by Gasteiger charge is -2.25. The Morgan fingerprint density at radius 3 is 2.15 bits per heavy atom. The summed E-state index contributed by atoms with van der Waals surface area (Å²) in [7, 11) is 0. The summed E-state index contributed by atoms with van der Waals surface area (Å²) in [6.45, 7) is 7.79. The first kappa shape index (κ1) is 12.4. The fourth-order valence-electron chi connectivity index (χ4n) is 1.47. The number of carbonyl (C=O) groups is 1. The molecule has 0 saturated carbocycles. The topological polar surface area (TPSA) is 66.8 Å². The van der Waals surface area contributed by atoms with Gasteiger partial charge in [-0.15, -0.1) is 0 Å². The van der Waals surface area contributed by atoms with Crippen molar-refractivity contribution in [2.75, 3.05) is 0 Å². The largest absolute Gasteiger partial charge is 0.479 e. The molecular formula is C9H18O4. The van der Waals surface area contributed by atoms with Crippen molar-refractivity contribution in [1.82, 2.24) is 0 Å². The molecule has 0 aliphatic carbocycles. The van der Waals surface area contributed by atoms with Crippen molar-refractivity contribution in [3.8, 4) is 0 Å². The van der Waals surface area contributed by atoms with Gasteiger partial charge in [0.05, 0.1) is 0 Å². The van der Waals surface area contributed by atoms with E-state index in [1.807, 2.05) is 20.8 Å². The van der Waals surface area contributed by atoms with Gasteiger partial charge in [-0.2, -0.15) is 0 Å². The zero-order valence-electron chi connectivity index (χ0n) is 8.57. The van der Waals surface area contributed by atoms with Crippen LogP contribution in [0.1, 0.15) is 34.1 Å². The minimum atomic E-state index is -1.13. The molecule has 0 amide bonds. The molecule has 13 heavy (non-hydrogen) atoms. The van der Waals surface area contributed by atoms with Gasteiger partial charge in [0, 0.05) is 0 Å². The van der Waals surface area contributed by atoms with Crippen molar-refractivity contribution in [2.24, 2.45) is 11.3 Å². The second-order valence-electron chi connectivity index (χ2n) is 4.61. The summed E-state index contributed by atoms with van der Waals surface area (Å²) < 4.78 is 0. The molecule has 4 nitrogen and oxygen atoms in total. The van der Waals surface area contributed by atoms with Crippen molar-refractivity contribution >= 4 is 5.97 Å². The van der Waals surface area contributed by atoms with E-state index >= 15 is 0 Å². The summed E-state index contributed by atoms with van der Waals surface area (Å²) in [5.74, 6) is -1.33. The molecule has 0 radical (unpaired) electrons. The Morgan fingerprint density at radius 2 is 1.92 bits per heavy atom. The minimum absolute atomic E-state index is 0.0334. The lowest BCUT2D eigenvalue weighted by atomic mass is 9.83. The van der Waals surface area contributed by atoms with E-state index in [-0.39, 0.29) is 11.3 Å². The van der Waals surface area contributed by atoms with Crippen LogP contribution in [0.15, 0.2) is 0 Å². The van der Waals surface area contributed by atoms with Crippen molar-refractivity contribution in [3.05, 3.63) is 0 Å². The Balaban J connectivity index is 4.22. The molecule has 78 valence electrons. The van der Waals surface area contributed by atoms with Gasteiger partial charge >= 0.3 is 5.97 Å². The van der Waals surface area contributed by atoms with Gasteiger partial charge in [-0.05, 0) is 17.8 Å². The second-order valence-corrected chi connectivity index (χ2v) is 4.61. The third kappa shape index (κ3) is 4.85. The average molecular weight is 190 g/mol. The van der Waals surface area contributed by atoms with Crippen molar-refractivity contribution in [3.63, 3.8) is 0 Å². The summed E-state index contributed by atoms with van der Waals surface area (Å²) in [5.41, 5.74) is 0.0334. The minimum Gasteiger partial charge on any atom is -0.479 e. The van der Waals surface area contributed by atoms with E-state index in [1.165, 1.54) is 0 Å². The lowest BCUT2D eigenvalue weighted by Crippen LogP contribution is -2.32. The first-order valence-corrected chi connectivity index (χ1v) is 4.31. The molecule has 0 rings (SSSR count). The third-order valence-electron chi connectivity index (χ3n) is 1.81. The summed E-state index contributed by atoms with van der Waals surface area (Å²) in [5, 5.41) is 17.0. The molecule has 0 fully saturated rings. The van der Waals surface area contributed by atoms with E-state index in [9.17, 15) is 4.79 Å². The van der Waals surface area contributed by atoms with Crippen LogP contribution in [0.5, 0.6) is 0 Å². The number of rotatable bonds is 4. The highest BCUT2D eigenvalue weighted by molar-refractivity contribution is 5.72. The van der Waals surface area contributed by atoms with E-state index in [4.69, 9.17) is 10.4 Å². The normalized spacial score (nSPS) is 16.7. The Bertz CT molecular complexity index is 171. The highest BCUT2D eigenvalue weighted by Crippen LogP contribution is 2.26. The van der Waals surface area contributed by atoms with Crippen LogP contribution < -0.4 is 0 Å². The van der Waals surface area contributed by atoms with Crippen LogP contribution in [0.4, 0.5) is 0 Å². The molecule has 2 atom stereocenters. The Hall–Kier alpha value is -0.610. The lowest BCUT2D eigenvalue weighted by molar-refractivity contribution is -0.287. The molecular weight excluding hydrogens is 172 g/mol. The predicted octanol–water partition coefficient (Wildman–Crippen LogP) is 2.00. The van der Waals surface area contributed by atoms with E-state index in [2.05, 4.69) is 4.89 Å². The van der Waals surface area contributed by atoms with Crippen LogP contribution in [0.25, 0.3) is 0 Å². The second kappa shape index (κ2) is 4.58. The van der Waals surface area contributed by atoms with E-state index in [0.717, 1.165) is 0 Å². The third-order valence-corrected chi connectivity index (χ3v) is 1.81. The van der Waals surface area contributed by atoms with E-state index < -0.39 is 12.1 Å². The molecule has 0 aromatic heterocycles. The van der Waals surface area contributed by atoms with Crippen LogP contribution in [0.2, 0.25) is 0 Å². The maximum Gasteiger partial charge on any atom is 0.336 e. The number of hydrogen-bond donors (Lipinski definition) is 2. The molecule has 0 aromatic rings. The van der Waals surface area contributed by atoms with Crippen LogP contribution in [0.3, 0.4) is 0 Å². The fourth-order valence-corrected chi connectivity index (χ4v) is 1.47. The molecule has 4 heteroatoms. The maximum atomic E-state index is 10.6. The van der Waals surface area contributed by atoms with Gasteiger partial charge in [-0.25, -0.2) is 9.68 Å². The molecule has 0 bridgehead atoms. The zero-order valence-corrected chi connectivity index (χ0v) is 8.57. The summed E-state index contributed by atoms with van der Waals surface area (Å²) in [4.78, 5) is 14.5. The van der Waals surface area contributed by atoms with Crippen LogP contribution >= 0.6 is 0 Å². The number of carboxylic acid groups (broad SMARTS) is 1. The molecule has 0 spiro atoms. The van der Waals surface area contributed by atoms with Crippen LogP contribution in [0, 0.1) is 11.3 Å². The standard InChI is InChI=1S/C9H18O4/c1-6(5-9(2,3)4)7(13-12)8(10)11/h6-7,12H,5H2,1-4H3,(H,10,11). The molecule has 0 heterocycles. The van der Waals surface area contributed by atoms with Gasteiger partial charge < -0.3 is 5.11 Å². The van der Waals surface area contributed by atoms with Gasteiger partial charge in [-0.1, -0.05) is 27.7 Å². The Morgan fingerprint density at radius 1 is 1.46 bits per heavy atom. The first-order chi connectivity index (χ1) is 5.78. The molecule has 2 N–H and O–H groups in total.